The van der Waals surface area contributed by atoms with Crippen molar-refractivity contribution in [3.05, 3.63) is 18.0 Å². The number of halogens is 1. The van der Waals surface area contributed by atoms with Crippen molar-refractivity contribution in [3.8, 4) is 0 Å². The van der Waals surface area contributed by atoms with Crippen molar-refractivity contribution in [2.75, 3.05) is 13.6 Å². The fourth-order valence-corrected chi connectivity index (χ4v) is 4.08. The number of hydrogen-bond donors (Lipinski definition) is 1. The predicted octanol–water partition coefficient (Wildman–Crippen LogP) is 2.95. The minimum atomic E-state index is -3.38. The second kappa shape index (κ2) is 6.29. The van der Waals surface area contributed by atoms with Crippen LogP contribution >= 0.6 is 11.6 Å². The van der Waals surface area contributed by atoms with Crippen molar-refractivity contribution in [1.29, 1.82) is 0 Å². The SMILES string of the molecule is CN(CC1CCCCC1)S(=O)(=O)c1c[nH]c(CCl)c1. The highest BCUT2D eigenvalue weighted by molar-refractivity contribution is 7.89. The van der Waals surface area contributed by atoms with E-state index in [1.165, 1.54) is 29.8 Å². The molecule has 0 atom stereocenters. The molecule has 1 aliphatic carbocycles. The quantitative estimate of drug-likeness (QED) is 0.850. The molecule has 1 heterocycles. The van der Waals surface area contributed by atoms with Gasteiger partial charge < -0.3 is 4.98 Å². The molecule has 108 valence electrons. The van der Waals surface area contributed by atoms with Crippen LogP contribution in [0.5, 0.6) is 0 Å². The number of hydrogen-bond acceptors (Lipinski definition) is 2. The van der Waals surface area contributed by atoms with Gasteiger partial charge in [-0.2, -0.15) is 0 Å². The fraction of sp³-hybridized carbons (Fsp3) is 0.692. The standard InChI is InChI=1S/C13H21ClN2O2S/c1-16(10-11-5-3-2-4-6-11)19(17,18)13-7-12(8-14)15-9-13/h7,9,11,15H,2-6,8,10H2,1H3. The van der Waals surface area contributed by atoms with Crippen molar-refractivity contribution in [2.45, 2.75) is 42.9 Å². The van der Waals surface area contributed by atoms with Gasteiger partial charge in [0, 0.05) is 25.5 Å². The van der Waals surface area contributed by atoms with E-state index < -0.39 is 10.0 Å². The van der Waals surface area contributed by atoms with Crippen molar-refractivity contribution < 1.29 is 8.42 Å². The number of alkyl halides is 1. The molecule has 19 heavy (non-hydrogen) atoms. The molecule has 1 saturated carbocycles. The Hall–Kier alpha value is -0.520. The first kappa shape index (κ1) is 14.9. The first-order valence-electron chi connectivity index (χ1n) is 6.73. The van der Waals surface area contributed by atoms with Crippen LogP contribution in [0, 0.1) is 5.92 Å². The number of rotatable bonds is 5. The molecule has 0 amide bonds. The van der Waals surface area contributed by atoms with Gasteiger partial charge in [-0.05, 0) is 24.8 Å². The first-order chi connectivity index (χ1) is 9.04. The monoisotopic (exact) mass is 304 g/mol. The summed E-state index contributed by atoms with van der Waals surface area (Å²) in [7, 11) is -1.72. The van der Waals surface area contributed by atoms with Gasteiger partial charge in [0.05, 0.1) is 10.8 Å². The van der Waals surface area contributed by atoms with Gasteiger partial charge in [-0.15, -0.1) is 11.6 Å². The van der Waals surface area contributed by atoms with Crippen molar-refractivity contribution in [1.82, 2.24) is 9.29 Å². The summed E-state index contributed by atoms with van der Waals surface area (Å²) in [6, 6.07) is 1.61. The summed E-state index contributed by atoms with van der Waals surface area (Å²) in [6.07, 6.45) is 7.52. The lowest BCUT2D eigenvalue weighted by Gasteiger charge is -2.26. The Bertz CT molecular complexity index is 506. The zero-order valence-corrected chi connectivity index (χ0v) is 12.8. The zero-order chi connectivity index (χ0) is 13.9. The van der Waals surface area contributed by atoms with E-state index >= 15 is 0 Å². The maximum absolute atomic E-state index is 12.4. The Labute approximate surface area is 120 Å². The number of nitrogens with one attached hydrogen (secondary N) is 1. The summed E-state index contributed by atoms with van der Waals surface area (Å²) in [5.41, 5.74) is 0.728. The molecule has 0 saturated heterocycles. The van der Waals surface area contributed by atoms with Crippen LogP contribution in [0.2, 0.25) is 0 Å². The highest BCUT2D eigenvalue weighted by Gasteiger charge is 2.25. The van der Waals surface area contributed by atoms with Crippen LogP contribution in [0.3, 0.4) is 0 Å². The van der Waals surface area contributed by atoms with Crippen LogP contribution in [-0.4, -0.2) is 31.3 Å². The van der Waals surface area contributed by atoms with Crippen LogP contribution in [0.1, 0.15) is 37.8 Å². The molecule has 1 aromatic heterocycles. The molecule has 1 aliphatic rings. The van der Waals surface area contributed by atoms with E-state index in [1.54, 1.807) is 13.1 Å². The second-order valence-electron chi connectivity index (χ2n) is 5.28. The van der Waals surface area contributed by atoms with E-state index in [-0.39, 0.29) is 0 Å². The van der Waals surface area contributed by atoms with Crippen molar-refractivity contribution in [2.24, 2.45) is 5.92 Å². The lowest BCUT2D eigenvalue weighted by molar-refractivity contribution is 0.300. The summed E-state index contributed by atoms with van der Waals surface area (Å²) in [6.45, 7) is 0.615. The summed E-state index contributed by atoms with van der Waals surface area (Å²) in [5, 5.41) is 0. The first-order valence-corrected chi connectivity index (χ1v) is 8.71. The van der Waals surface area contributed by atoms with Crippen LogP contribution in [-0.2, 0) is 15.9 Å². The van der Waals surface area contributed by atoms with Crippen molar-refractivity contribution in [3.63, 3.8) is 0 Å². The van der Waals surface area contributed by atoms with Gasteiger partial charge in [-0.25, -0.2) is 12.7 Å². The molecule has 0 aromatic carbocycles. The Morgan fingerprint density at radius 1 is 1.37 bits per heavy atom. The third-order valence-corrected chi connectivity index (χ3v) is 5.90. The molecule has 0 unspecified atom stereocenters. The molecule has 1 fully saturated rings. The molecule has 4 nitrogen and oxygen atoms in total. The fourth-order valence-electron chi connectivity index (χ4n) is 2.66. The van der Waals surface area contributed by atoms with E-state index in [9.17, 15) is 8.42 Å². The van der Waals surface area contributed by atoms with E-state index in [2.05, 4.69) is 4.98 Å². The predicted molar refractivity (Wildman–Crippen MR) is 76.7 cm³/mol. The highest BCUT2D eigenvalue weighted by Crippen LogP contribution is 2.26. The second-order valence-corrected chi connectivity index (χ2v) is 7.60. The number of H-pyrrole nitrogens is 1. The summed E-state index contributed by atoms with van der Waals surface area (Å²) in [5.74, 6) is 0.793. The smallest absolute Gasteiger partial charge is 0.244 e. The summed E-state index contributed by atoms with van der Waals surface area (Å²) in [4.78, 5) is 3.19. The molecule has 1 N–H and O–H groups in total. The largest absolute Gasteiger partial charge is 0.363 e. The van der Waals surface area contributed by atoms with Crippen LogP contribution < -0.4 is 0 Å². The number of nitrogens with zero attached hydrogens (tertiary/aromatic N) is 1. The summed E-state index contributed by atoms with van der Waals surface area (Å²) >= 11 is 5.69. The van der Waals surface area contributed by atoms with Crippen LogP contribution in [0.15, 0.2) is 17.2 Å². The normalized spacial score (nSPS) is 18.1. The molecular weight excluding hydrogens is 284 g/mol. The molecular formula is C13H21ClN2O2S. The maximum atomic E-state index is 12.4. The van der Waals surface area contributed by atoms with E-state index in [0.717, 1.165) is 18.5 Å². The van der Waals surface area contributed by atoms with Gasteiger partial charge in [-0.3, -0.25) is 0 Å². The van der Waals surface area contributed by atoms with Gasteiger partial charge in [0.1, 0.15) is 0 Å². The Kier molecular flexibility index (Phi) is 4.92. The summed E-state index contributed by atoms with van der Waals surface area (Å²) < 4.78 is 26.3. The van der Waals surface area contributed by atoms with E-state index in [0.29, 0.717) is 23.2 Å². The molecule has 6 heteroatoms. The van der Waals surface area contributed by atoms with Crippen molar-refractivity contribution >= 4 is 21.6 Å². The Morgan fingerprint density at radius 3 is 2.63 bits per heavy atom. The minimum absolute atomic E-state index is 0.294. The zero-order valence-electron chi connectivity index (χ0n) is 11.2. The average Bonchev–Trinajstić information content (AvgIpc) is 2.89. The number of sulfonamides is 1. The molecule has 0 aliphatic heterocycles. The molecule has 2 rings (SSSR count). The minimum Gasteiger partial charge on any atom is -0.363 e. The topological polar surface area (TPSA) is 53.2 Å². The van der Waals surface area contributed by atoms with Crippen LogP contribution in [0.4, 0.5) is 0 Å². The molecule has 1 aromatic rings. The van der Waals surface area contributed by atoms with Gasteiger partial charge in [0.15, 0.2) is 0 Å². The number of aromatic amines is 1. The highest BCUT2D eigenvalue weighted by atomic mass is 35.5. The molecule has 0 spiro atoms. The molecule has 0 radical (unpaired) electrons. The third-order valence-electron chi connectivity index (χ3n) is 3.81. The van der Waals surface area contributed by atoms with Gasteiger partial charge in [0.25, 0.3) is 0 Å². The number of aromatic nitrogens is 1. The van der Waals surface area contributed by atoms with E-state index in [4.69, 9.17) is 11.6 Å². The Balaban J connectivity index is 2.05. The van der Waals surface area contributed by atoms with Gasteiger partial charge >= 0.3 is 0 Å². The van der Waals surface area contributed by atoms with E-state index in [1.807, 2.05) is 0 Å². The maximum Gasteiger partial charge on any atom is 0.244 e. The average molecular weight is 305 g/mol. The Morgan fingerprint density at radius 2 is 2.05 bits per heavy atom. The van der Waals surface area contributed by atoms with Crippen LogP contribution in [0.25, 0.3) is 0 Å². The molecule has 0 bridgehead atoms. The lowest BCUT2D eigenvalue weighted by Crippen LogP contribution is -2.32. The lowest BCUT2D eigenvalue weighted by atomic mass is 9.89. The van der Waals surface area contributed by atoms with Gasteiger partial charge in [0.2, 0.25) is 10.0 Å². The van der Waals surface area contributed by atoms with Gasteiger partial charge in [-0.1, -0.05) is 19.3 Å². The third kappa shape index (κ3) is 3.52.